The number of hydrogen-bond donors (Lipinski definition) is 1. The Morgan fingerprint density at radius 1 is 1.20 bits per heavy atom. The number of hydrogen-bond acceptors (Lipinski definition) is 5. The molecule has 2 aromatic rings. The highest BCUT2D eigenvalue weighted by molar-refractivity contribution is 7.84. The molecular weight excluding hydrogens is 556 g/mol. The lowest BCUT2D eigenvalue weighted by molar-refractivity contribution is -0.112. The summed E-state index contributed by atoms with van der Waals surface area (Å²) in [5.74, 6) is 1.04. The number of nitrogens with one attached hydrogen (secondary N) is 1. The van der Waals surface area contributed by atoms with E-state index in [2.05, 4.69) is 47.8 Å². The number of halogens is 1. The van der Waals surface area contributed by atoms with Crippen LogP contribution in [0.15, 0.2) is 48.6 Å². The molecule has 1 amide bonds. The number of rotatable bonds is 12. The summed E-state index contributed by atoms with van der Waals surface area (Å²) in [6.07, 6.45) is 10.2. The second kappa shape index (κ2) is 14.5. The van der Waals surface area contributed by atoms with E-state index in [1.54, 1.807) is 6.07 Å². The van der Waals surface area contributed by atoms with Crippen LogP contribution < -0.4 is 14.4 Å². The Morgan fingerprint density at radius 2 is 2.00 bits per heavy atom. The van der Waals surface area contributed by atoms with Gasteiger partial charge in [0.25, 0.3) is 5.91 Å². The topological polar surface area (TPSA) is 75.7 Å². The van der Waals surface area contributed by atoms with Gasteiger partial charge in [-0.3, -0.25) is 9.52 Å². The van der Waals surface area contributed by atoms with E-state index in [-0.39, 0.29) is 23.0 Å². The van der Waals surface area contributed by atoms with Gasteiger partial charge in [0, 0.05) is 40.8 Å². The third-order valence-electron chi connectivity index (χ3n) is 8.30. The van der Waals surface area contributed by atoms with Gasteiger partial charge in [-0.1, -0.05) is 50.1 Å². The smallest absolute Gasteiger partial charge is 0.263 e. The zero-order chi connectivity index (χ0) is 29.5. The normalized spacial score (nSPS) is 21.9. The van der Waals surface area contributed by atoms with Gasteiger partial charge in [0.1, 0.15) is 23.0 Å². The van der Waals surface area contributed by atoms with Crippen LogP contribution in [0, 0.1) is 17.8 Å². The van der Waals surface area contributed by atoms with Crippen LogP contribution in [-0.4, -0.2) is 41.3 Å². The monoisotopic (exact) mass is 598 g/mol. The standard InChI is InChI=1S/C33H43ClN2O4S/c1-5-7-9-26(20-37)30-13-10-25(30)18-36-19-27(29-14-12-28(34)16-23(29)8-6-2)21-40-32-15-11-24(17-31(32)36)33(38)35-41(39)22(3)4/h7,9,11-12,14-17,20,22,25-27,30H,5-6,8,10,13,18-19,21H2,1-4H3,(H,35,38)/b9-7+. The molecule has 1 aliphatic carbocycles. The third-order valence-corrected chi connectivity index (χ3v) is 9.78. The highest BCUT2D eigenvalue weighted by Gasteiger charge is 2.38. The van der Waals surface area contributed by atoms with Gasteiger partial charge >= 0.3 is 0 Å². The summed E-state index contributed by atoms with van der Waals surface area (Å²) < 4.78 is 21.4. The molecule has 1 aliphatic heterocycles. The number of anilines is 1. The molecule has 0 spiro atoms. The molecule has 0 saturated heterocycles. The molecule has 1 fully saturated rings. The summed E-state index contributed by atoms with van der Waals surface area (Å²) >= 11 is 6.38. The van der Waals surface area contributed by atoms with Gasteiger partial charge in [0.05, 0.1) is 12.3 Å². The molecule has 222 valence electrons. The van der Waals surface area contributed by atoms with Crippen LogP contribution in [0.3, 0.4) is 0 Å². The van der Waals surface area contributed by atoms with Crippen molar-refractivity contribution in [1.29, 1.82) is 0 Å². The van der Waals surface area contributed by atoms with Gasteiger partial charge in [0.15, 0.2) is 0 Å². The molecule has 1 N–H and O–H groups in total. The van der Waals surface area contributed by atoms with Crippen LogP contribution in [0.4, 0.5) is 5.69 Å². The van der Waals surface area contributed by atoms with Gasteiger partial charge in [0.2, 0.25) is 0 Å². The van der Waals surface area contributed by atoms with Gasteiger partial charge < -0.3 is 14.4 Å². The van der Waals surface area contributed by atoms with Crippen LogP contribution >= 0.6 is 11.6 Å². The van der Waals surface area contributed by atoms with Gasteiger partial charge in [-0.15, -0.1) is 0 Å². The van der Waals surface area contributed by atoms with Crippen LogP contribution in [0.25, 0.3) is 0 Å². The number of nitrogens with zero attached hydrogens (tertiary/aromatic N) is 1. The molecule has 2 aromatic carbocycles. The lowest BCUT2D eigenvalue weighted by Gasteiger charge is -2.43. The number of aryl methyl sites for hydroxylation is 1. The van der Waals surface area contributed by atoms with Crippen molar-refractivity contribution in [3.63, 3.8) is 0 Å². The number of carbonyl (C=O) groups is 2. The average Bonchev–Trinajstić information content (AvgIpc) is 3.12. The van der Waals surface area contributed by atoms with E-state index >= 15 is 0 Å². The maximum atomic E-state index is 13.0. The third kappa shape index (κ3) is 7.61. The molecule has 8 heteroatoms. The molecule has 5 unspecified atom stereocenters. The first kappa shape index (κ1) is 31.3. The van der Waals surface area contributed by atoms with E-state index in [1.807, 2.05) is 32.0 Å². The van der Waals surface area contributed by atoms with Crippen molar-refractivity contribution in [3.05, 3.63) is 70.3 Å². The van der Waals surface area contributed by atoms with Crippen molar-refractivity contribution in [3.8, 4) is 5.75 Å². The Kier molecular flexibility index (Phi) is 11.1. The SMILES string of the molecule is CC/C=C/C(C=O)C1CCC1CN1CC(c2ccc(Cl)cc2CCC)COc2ccc(C(=O)NS(=O)C(C)C)cc21. The molecule has 6 nitrogen and oxygen atoms in total. The average molecular weight is 599 g/mol. The number of carbonyl (C=O) groups excluding carboxylic acids is 2. The summed E-state index contributed by atoms with van der Waals surface area (Å²) in [6, 6.07) is 11.6. The number of aldehydes is 1. The minimum absolute atomic E-state index is 0.0808. The van der Waals surface area contributed by atoms with Crippen LogP contribution in [0.1, 0.15) is 80.8 Å². The van der Waals surface area contributed by atoms with Gasteiger partial charge in [-0.05, 0) is 92.8 Å². The molecule has 0 aromatic heterocycles. The van der Waals surface area contributed by atoms with Gasteiger partial charge in [-0.2, -0.15) is 0 Å². The van der Waals surface area contributed by atoms with Crippen molar-refractivity contribution in [1.82, 2.24) is 4.72 Å². The molecule has 4 rings (SSSR count). The number of ether oxygens (including phenoxy) is 1. The van der Waals surface area contributed by atoms with E-state index in [1.165, 1.54) is 11.1 Å². The first-order chi connectivity index (χ1) is 19.7. The molecule has 2 aliphatic rings. The van der Waals surface area contributed by atoms with E-state index in [0.717, 1.165) is 61.4 Å². The maximum absolute atomic E-state index is 13.0. The fraction of sp³-hybridized carbons (Fsp3) is 0.515. The van der Waals surface area contributed by atoms with Crippen LogP contribution in [0.5, 0.6) is 5.75 Å². The van der Waals surface area contributed by atoms with Crippen molar-refractivity contribution >= 4 is 40.5 Å². The Bertz CT molecular complexity index is 1280. The summed E-state index contributed by atoms with van der Waals surface area (Å²) in [4.78, 5) is 27.4. The Hall–Kier alpha value is -2.64. The Balaban J connectivity index is 1.68. The summed E-state index contributed by atoms with van der Waals surface area (Å²) in [5, 5.41) is 0.554. The summed E-state index contributed by atoms with van der Waals surface area (Å²) in [5.41, 5.74) is 3.78. The molecular formula is C33H43ClN2O4S. The van der Waals surface area contributed by atoms with Crippen molar-refractivity contribution in [2.75, 3.05) is 24.6 Å². The minimum Gasteiger partial charge on any atom is -0.491 e. The van der Waals surface area contributed by atoms with E-state index in [4.69, 9.17) is 16.3 Å². The predicted octanol–water partition coefficient (Wildman–Crippen LogP) is 6.88. The minimum atomic E-state index is -1.46. The summed E-state index contributed by atoms with van der Waals surface area (Å²) in [7, 11) is -1.46. The van der Waals surface area contributed by atoms with E-state index < -0.39 is 11.0 Å². The van der Waals surface area contributed by atoms with Crippen molar-refractivity contribution in [2.45, 2.75) is 71.0 Å². The largest absolute Gasteiger partial charge is 0.491 e. The molecule has 1 saturated carbocycles. The first-order valence-corrected chi connectivity index (χ1v) is 16.5. The number of amides is 1. The van der Waals surface area contributed by atoms with E-state index in [0.29, 0.717) is 30.6 Å². The zero-order valence-electron chi connectivity index (χ0n) is 24.6. The molecule has 41 heavy (non-hydrogen) atoms. The first-order valence-electron chi connectivity index (χ1n) is 14.9. The maximum Gasteiger partial charge on any atom is 0.263 e. The Morgan fingerprint density at radius 3 is 2.66 bits per heavy atom. The van der Waals surface area contributed by atoms with Crippen LogP contribution in [-0.2, 0) is 22.2 Å². The van der Waals surface area contributed by atoms with Crippen molar-refractivity contribution < 1.29 is 18.5 Å². The second-order valence-electron chi connectivity index (χ2n) is 11.5. The number of allylic oxidation sites excluding steroid dienone is 2. The molecule has 5 atom stereocenters. The van der Waals surface area contributed by atoms with E-state index in [9.17, 15) is 13.8 Å². The zero-order valence-corrected chi connectivity index (χ0v) is 26.2. The highest BCUT2D eigenvalue weighted by Crippen LogP contribution is 2.43. The fourth-order valence-electron chi connectivity index (χ4n) is 5.92. The van der Waals surface area contributed by atoms with Crippen molar-refractivity contribution in [2.24, 2.45) is 17.8 Å². The quantitative estimate of drug-likeness (QED) is 0.213. The number of benzene rings is 2. The lowest BCUT2D eigenvalue weighted by Crippen LogP contribution is -2.42. The highest BCUT2D eigenvalue weighted by atomic mass is 35.5. The molecule has 0 radical (unpaired) electrons. The Labute approximate surface area is 252 Å². The molecule has 0 bridgehead atoms. The molecule has 1 heterocycles. The fourth-order valence-corrected chi connectivity index (χ4v) is 6.65. The lowest BCUT2D eigenvalue weighted by atomic mass is 9.67. The summed E-state index contributed by atoms with van der Waals surface area (Å²) in [6.45, 7) is 9.86. The predicted molar refractivity (Wildman–Crippen MR) is 168 cm³/mol. The second-order valence-corrected chi connectivity index (χ2v) is 13.7. The van der Waals surface area contributed by atoms with Crippen LogP contribution in [0.2, 0.25) is 5.02 Å². The number of fused-ring (bicyclic) bond motifs is 1. The van der Waals surface area contributed by atoms with Gasteiger partial charge in [-0.25, -0.2) is 4.21 Å².